The monoisotopic (exact) mass is 281 g/mol. The number of fused-ring (bicyclic) bond motifs is 5. The van der Waals surface area contributed by atoms with Gasteiger partial charge in [0.15, 0.2) is 0 Å². The van der Waals surface area contributed by atoms with Crippen molar-refractivity contribution in [2.45, 2.75) is 51.4 Å². The van der Waals surface area contributed by atoms with Crippen molar-refractivity contribution in [3.63, 3.8) is 0 Å². The van der Waals surface area contributed by atoms with E-state index < -0.39 is 0 Å². The average Bonchev–Trinajstić information content (AvgIpc) is 2.83. The molecule has 0 aliphatic heterocycles. The van der Waals surface area contributed by atoms with Crippen molar-refractivity contribution in [2.24, 2.45) is 23.2 Å². The molecule has 1 aromatic carbocycles. The van der Waals surface area contributed by atoms with Gasteiger partial charge in [0.2, 0.25) is 0 Å². The maximum absolute atomic E-state index is 9.71. The number of hydrogen-bond donors (Lipinski definition) is 1. The molecule has 1 unspecified atom stereocenters. The number of rotatable bonds is 0. The van der Waals surface area contributed by atoms with Crippen LogP contribution in [-0.4, -0.2) is 5.11 Å². The Morgan fingerprint density at radius 2 is 2.10 bits per heavy atom. The second-order valence-corrected chi connectivity index (χ2v) is 7.60. The van der Waals surface area contributed by atoms with Gasteiger partial charge in [0.05, 0.1) is 12.0 Å². The Hall–Kier alpha value is -1.49. The Kier molecular flexibility index (Phi) is 2.83. The molecule has 2 heteroatoms. The summed E-state index contributed by atoms with van der Waals surface area (Å²) in [5.41, 5.74) is 3.09. The third-order valence-corrected chi connectivity index (χ3v) is 6.87. The Morgan fingerprint density at radius 3 is 2.90 bits per heavy atom. The highest BCUT2D eigenvalue weighted by molar-refractivity contribution is 5.40. The van der Waals surface area contributed by atoms with E-state index in [1.54, 1.807) is 0 Å². The summed E-state index contributed by atoms with van der Waals surface area (Å²) >= 11 is 0. The fourth-order valence-corrected chi connectivity index (χ4v) is 5.78. The van der Waals surface area contributed by atoms with Gasteiger partial charge in [-0.25, -0.2) is 0 Å². The van der Waals surface area contributed by atoms with Crippen molar-refractivity contribution in [1.29, 1.82) is 5.26 Å². The van der Waals surface area contributed by atoms with Crippen molar-refractivity contribution in [3.05, 3.63) is 29.3 Å². The zero-order valence-electron chi connectivity index (χ0n) is 12.7. The fourth-order valence-electron chi connectivity index (χ4n) is 5.78. The van der Waals surface area contributed by atoms with E-state index in [1.807, 2.05) is 12.1 Å². The van der Waals surface area contributed by atoms with Gasteiger partial charge in [0, 0.05) is 0 Å². The summed E-state index contributed by atoms with van der Waals surface area (Å²) in [7, 11) is 0. The quantitative estimate of drug-likeness (QED) is 0.766. The van der Waals surface area contributed by atoms with Crippen LogP contribution in [0.1, 0.15) is 56.1 Å². The first-order chi connectivity index (χ1) is 10.1. The van der Waals surface area contributed by atoms with Gasteiger partial charge < -0.3 is 5.11 Å². The second-order valence-electron chi connectivity index (χ2n) is 7.60. The Morgan fingerprint density at radius 1 is 1.24 bits per heavy atom. The average molecular weight is 281 g/mol. The number of aryl methyl sites for hydroxylation is 1. The van der Waals surface area contributed by atoms with E-state index in [1.165, 1.54) is 36.8 Å². The van der Waals surface area contributed by atoms with Gasteiger partial charge in [-0.2, -0.15) is 5.26 Å². The summed E-state index contributed by atoms with van der Waals surface area (Å²) in [4.78, 5) is 0. The van der Waals surface area contributed by atoms with Crippen molar-refractivity contribution < 1.29 is 5.11 Å². The van der Waals surface area contributed by atoms with Gasteiger partial charge in [-0.05, 0) is 85.0 Å². The highest BCUT2D eigenvalue weighted by Gasteiger charge is 2.54. The van der Waals surface area contributed by atoms with Crippen LogP contribution in [0.3, 0.4) is 0 Å². The summed E-state index contributed by atoms with van der Waals surface area (Å²) in [5.74, 6) is 2.80. The third-order valence-electron chi connectivity index (χ3n) is 6.87. The molecule has 3 aliphatic rings. The first-order valence-corrected chi connectivity index (χ1v) is 8.35. The predicted octanol–water partition coefficient (Wildman–Crippen LogP) is 4.39. The summed E-state index contributed by atoms with van der Waals surface area (Å²) in [5, 5.41) is 19.2. The van der Waals surface area contributed by atoms with E-state index in [4.69, 9.17) is 0 Å². The van der Waals surface area contributed by atoms with Crippen LogP contribution < -0.4 is 0 Å². The van der Waals surface area contributed by atoms with Crippen molar-refractivity contribution in [3.8, 4) is 11.8 Å². The summed E-state index contributed by atoms with van der Waals surface area (Å²) in [6.45, 7) is 2.38. The van der Waals surface area contributed by atoms with Crippen molar-refractivity contribution in [2.75, 3.05) is 0 Å². The molecule has 0 heterocycles. The van der Waals surface area contributed by atoms with E-state index in [0.29, 0.717) is 11.7 Å². The van der Waals surface area contributed by atoms with Crippen LogP contribution in [0.15, 0.2) is 18.2 Å². The first-order valence-electron chi connectivity index (χ1n) is 8.35. The molecular weight excluding hydrogens is 258 g/mol. The van der Waals surface area contributed by atoms with Crippen molar-refractivity contribution >= 4 is 0 Å². The smallest absolute Gasteiger partial charge is 0.115 e. The summed E-state index contributed by atoms with van der Waals surface area (Å²) in [6.07, 6.45) is 7.08. The van der Waals surface area contributed by atoms with Crippen LogP contribution in [0.4, 0.5) is 0 Å². The molecule has 2 saturated carbocycles. The lowest BCUT2D eigenvalue weighted by Gasteiger charge is -2.50. The third kappa shape index (κ3) is 1.76. The molecule has 0 saturated heterocycles. The lowest BCUT2D eigenvalue weighted by atomic mass is 9.54. The molecule has 110 valence electrons. The number of nitriles is 1. The fraction of sp³-hybridized carbons (Fsp3) is 0.632. The minimum absolute atomic E-state index is 0.254. The van der Waals surface area contributed by atoms with Crippen LogP contribution >= 0.6 is 0 Å². The van der Waals surface area contributed by atoms with Crippen molar-refractivity contribution in [1.82, 2.24) is 0 Å². The summed E-state index contributed by atoms with van der Waals surface area (Å²) in [6, 6.07) is 8.56. The van der Waals surface area contributed by atoms with E-state index in [0.717, 1.165) is 24.7 Å². The van der Waals surface area contributed by atoms with Gasteiger partial charge in [-0.3, -0.25) is 0 Å². The molecule has 3 aliphatic carbocycles. The topological polar surface area (TPSA) is 44.0 Å². The molecule has 5 atom stereocenters. The van der Waals surface area contributed by atoms with Gasteiger partial charge in [0.1, 0.15) is 5.75 Å². The highest BCUT2D eigenvalue weighted by Crippen LogP contribution is 2.62. The number of nitrogens with zero attached hydrogens (tertiary/aromatic N) is 1. The first kappa shape index (κ1) is 13.2. The van der Waals surface area contributed by atoms with E-state index in [2.05, 4.69) is 19.1 Å². The van der Waals surface area contributed by atoms with Crippen LogP contribution in [-0.2, 0) is 6.42 Å². The zero-order chi connectivity index (χ0) is 14.6. The highest BCUT2D eigenvalue weighted by atomic mass is 16.3. The number of phenolic OH excluding ortho intramolecular Hbond substituents is 1. The maximum atomic E-state index is 9.71. The molecule has 1 aromatic rings. The van der Waals surface area contributed by atoms with E-state index in [9.17, 15) is 10.4 Å². The number of aromatic hydroxyl groups is 1. The Balaban J connectivity index is 1.70. The molecule has 2 nitrogen and oxygen atoms in total. The second kappa shape index (κ2) is 4.50. The molecule has 0 amide bonds. The molecular formula is C19H23NO. The molecule has 0 radical (unpaired) electrons. The maximum Gasteiger partial charge on any atom is 0.115 e. The Bertz CT molecular complexity index is 616. The van der Waals surface area contributed by atoms with Crippen LogP contribution in [0.2, 0.25) is 0 Å². The molecule has 2 fully saturated rings. The number of benzene rings is 1. The molecule has 0 spiro atoms. The van der Waals surface area contributed by atoms with E-state index >= 15 is 0 Å². The Labute approximate surface area is 126 Å². The normalized spacial score (nSPS) is 40.8. The van der Waals surface area contributed by atoms with E-state index in [-0.39, 0.29) is 11.3 Å². The standard InChI is InChI=1S/C19H23NO/c1-19-9-8-16-15-6-4-14(21)10-12(15)2-5-17(16)18(19)7-3-13(19)11-20/h4,6,10,13,16-18,21H,2-3,5,7-9H2,1H3/t13?,16-,17-,18+,19-/m1/s1. The lowest BCUT2D eigenvalue weighted by molar-refractivity contribution is 0.0427. The van der Waals surface area contributed by atoms with Gasteiger partial charge in [-0.1, -0.05) is 13.0 Å². The summed E-state index contributed by atoms with van der Waals surface area (Å²) < 4.78 is 0. The van der Waals surface area contributed by atoms with Gasteiger partial charge in [0.25, 0.3) is 0 Å². The number of hydrogen-bond acceptors (Lipinski definition) is 2. The minimum atomic E-state index is 0.254. The molecule has 4 rings (SSSR count). The predicted molar refractivity (Wildman–Crippen MR) is 81.8 cm³/mol. The molecule has 0 aromatic heterocycles. The van der Waals surface area contributed by atoms with Crippen LogP contribution in [0.5, 0.6) is 5.75 Å². The van der Waals surface area contributed by atoms with Crippen LogP contribution in [0.25, 0.3) is 0 Å². The minimum Gasteiger partial charge on any atom is -0.508 e. The van der Waals surface area contributed by atoms with Crippen LogP contribution in [0, 0.1) is 34.5 Å². The molecule has 1 N–H and O–H groups in total. The molecule has 21 heavy (non-hydrogen) atoms. The SMILES string of the molecule is C[C@]12CC[C@@H]3c4ccc(O)cc4CC[C@H]3[C@@H]1CCC2C#N. The zero-order valence-corrected chi connectivity index (χ0v) is 12.7. The van der Waals surface area contributed by atoms with Gasteiger partial charge >= 0.3 is 0 Å². The molecule has 0 bridgehead atoms. The van der Waals surface area contributed by atoms with Gasteiger partial charge in [-0.15, -0.1) is 0 Å². The number of phenols is 1. The lowest BCUT2D eigenvalue weighted by Crippen LogP contribution is -2.42. The largest absolute Gasteiger partial charge is 0.508 e.